The smallest absolute Gasteiger partial charge is 0.422 e. The van der Waals surface area contributed by atoms with Gasteiger partial charge in [-0.1, -0.05) is 17.7 Å². The number of hydrogen-bond donors (Lipinski definition) is 2. The first-order chi connectivity index (χ1) is 17.2. The summed E-state index contributed by atoms with van der Waals surface area (Å²) in [5, 5.41) is 0. The molecule has 2 N–H and O–H groups in total. The molecule has 0 bridgehead atoms. The number of benzene rings is 1. The van der Waals surface area contributed by atoms with E-state index in [1.165, 1.54) is 0 Å². The van der Waals surface area contributed by atoms with Crippen molar-refractivity contribution in [3.8, 4) is 0 Å². The highest BCUT2D eigenvalue weighted by Crippen LogP contribution is 2.41. The minimum atomic E-state index is -4.63. The Bertz CT molecular complexity index is 1330. The Kier molecular flexibility index (Phi) is 7.95. The molecular weight excluding hydrogens is 485 g/mol. The molecule has 0 saturated carbocycles. The number of ether oxygens (including phenoxy) is 2. The summed E-state index contributed by atoms with van der Waals surface area (Å²) in [7, 11) is 0. The van der Waals surface area contributed by atoms with Crippen LogP contribution < -0.4 is 0 Å². The van der Waals surface area contributed by atoms with Crippen molar-refractivity contribution in [1.29, 1.82) is 0 Å². The molecule has 2 heterocycles. The number of hydrogen-bond acceptors (Lipinski definition) is 4. The second kappa shape index (κ2) is 10.5. The van der Waals surface area contributed by atoms with Crippen LogP contribution in [0.2, 0.25) is 0 Å². The van der Waals surface area contributed by atoms with Gasteiger partial charge in [0.1, 0.15) is 0 Å². The Morgan fingerprint density at radius 2 is 1.24 bits per heavy atom. The molecule has 0 aliphatic rings. The van der Waals surface area contributed by atoms with E-state index in [9.17, 15) is 22.8 Å². The molecule has 1 unspecified atom stereocenters. The summed E-state index contributed by atoms with van der Waals surface area (Å²) in [5.74, 6) is -1.95. The summed E-state index contributed by atoms with van der Waals surface area (Å²) in [6, 6.07) is 4.10. The van der Waals surface area contributed by atoms with Crippen molar-refractivity contribution in [2.24, 2.45) is 0 Å². The van der Waals surface area contributed by atoms with Crippen LogP contribution in [0, 0.1) is 48.5 Å². The standard InChI is InChI=1S/C28H33F3N2O4/c1-9-36-26(34)21-16(5)24(32-18(21)7)23(20-14(3)10-13(2)11-15(20)4)25-17(6)22(19(8)33-25)27(35)37-12-28(29,30)31/h10-11,23,32-33H,9,12H2,1-8H3. The Morgan fingerprint density at radius 3 is 1.65 bits per heavy atom. The Hall–Kier alpha value is -3.49. The van der Waals surface area contributed by atoms with E-state index < -0.39 is 30.6 Å². The second-order valence-corrected chi connectivity index (χ2v) is 9.48. The van der Waals surface area contributed by atoms with Gasteiger partial charge < -0.3 is 19.4 Å². The lowest BCUT2D eigenvalue weighted by Crippen LogP contribution is -2.21. The van der Waals surface area contributed by atoms with Crippen LogP contribution in [0.3, 0.4) is 0 Å². The van der Waals surface area contributed by atoms with Gasteiger partial charge in [0.2, 0.25) is 0 Å². The van der Waals surface area contributed by atoms with Gasteiger partial charge >= 0.3 is 18.1 Å². The van der Waals surface area contributed by atoms with E-state index in [-0.39, 0.29) is 12.2 Å². The van der Waals surface area contributed by atoms with E-state index in [0.717, 1.165) is 27.9 Å². The van der Waals surface area contributed by atoms with Crippen molar-refractivity contribution in [2.75, 3.05) is 13.2 Å². The van der Waals surface area contributed by atoms with Gasteiger partial charge in [0.25, 0.3) is 0 Å². The maximum absolute atomic E-state index is 12.7. The van der Waals surface area contributed by atoms with E-state index in [2.05, 4.69) is 26.8 Å². The van der Waals surface area contributed by atoms with E-state index >= 15 is 0 Å². The fourth-order valence-corrected chi connectivity index (χ4v) is 5.24. The predicted molar refractivity (Wildman–Crippen MR) is 134 cm³/mol. The highest BCUT2D eigenvalue weighted by atomic mass is 19.4. The molecule has 0 saturated heterocycles. The first-order valence-electron chi connectivity index (χ1n) is 12.0. The number of H-pyrrole nitrogens is 2. The van der Waals surface area contributed by atoms with Crippen LogP contribution in [0.25, 0.3) is 0 Å². The lowest BCUT2D eigenvalue weighted by Gasteiger charge is -2.23. The Labute approximate surface area is 214 Å². The van der Waals surface area contributed by atoms with Crippen LogP contribution in [0.15, 0.2) is 12.1 Å². The first kappa shape index (κ1) is 28.1. The largest absolute Gasteiger partial charge is 0.462 e. The molecule has 3 aromatic rings. The Morgan fingerprint density at radius 1 is 0.811 bits per heavy atom. The SMILES string of the molecule is CCOC(=O)c1c(C)[nH]c(C(c2[nH]c(C)c(C(=O)OCC(F)(F)F)c2C)c2c(C)cc(C)cc2C)c1C. The van der Waals surface area contributed by atoms with Gasteiger partial charge in [0.15, 0.2) is 6.61 Å². The number of alkyl halides is 3. The van der Waals surface area contributed by atoms with Crippen LogP contribution in [-0.4, -0.2) is 41.3 Å². The van der Waals surface area contributed by atoms with Crippen molar-refractivity contribution < 1.29 is 32.2 Å². The maximum Gasteiger partial charge on any atom is 0.422 e. The number of halogens is 3. The molecule has 9 heteroatoms. The van der Waals surface area contributed by atoms with E-state index in [4.69, 9.17) is 4.74 Å². The highest BCUT2D eigenvalue weighted by Gasteiger charge is 2.34. The van der Waals surface area contributed by atoms with Crippen LogP contribution in [0.1, 0.15) is 89.7 Å². The minimum Gasteiger partial charge on any atom is -0.462 e. The molecule has 0 aliphatic heterocycles. The topological polar surface area (TPSA) is 84.2 Å². The molecule has 0 radical (unpaired) electrons. The molecule has 1 atom stereocenters. The van der Waals surface area contributed by atoms with Gasteiger partial charge in [-0.25, -0.2) is 9.59 Å². The van der Waals surface area contributed by atoms with Gasteiger partial charge in [-0.3, -0.25) is 0 Å². The number of esters is 2. The summed E-state index contributed by atoms with van der Waals surface area (Å²) in [6.45, 7) is 13.2. The summed E-state index contributed by atoms with van der Waals surface area (Å²) < 4.78 is 48.0. The van der Waals surface area contributed by atoms with Crippen LogP contribution in [-0.2, 0) is 9.47 Å². The van der Waals surface area contributed by atoms with Crippen LogP contribution in [0.4, 0.5) is 13.2 Å². The summed E-state index contributed by atoms with van der Waals surface area (Å²) in [5.41, 5.74) is 8.15. The summed E-state index contributed by atoms with van der Waals surface area (Å²) in [4.78, 5) is 32.0. The van der Waals surface area contributed by atoms with Crippen molar-refractivity contribution in [3.05, 3.63) is 79.4 Å². The lowest BCUT2D eigenvalue weighted by atomic mass is 9.82. The molecule has 0 aliphatic carbocycles. The van der Waals surface area contributed by atoms with Gasteiger partial charge in [0, 0.05) is 22.8 Å². The lowest BCUT2D eigenvalue weighted by molar-refractivity contribution is -0.161. The molecule has 3 rings (SSSR count). The molecule has 1 aromatic carbocycles. The zero-order valence-corrected chi connectivity index (χ0v) is 22.4. The number of aromatic amines is 2. The average molecular weight is 519 g/mol. The highest BCUT2D eigenvalue weighted by molar-refractivity contribution is 5.94. The molecular formula is C28H33F3N2O4. The second-order valence-electron chi connectivity index (χ2n) is 9.48. The average Bonchev–Trinajstić information content (AvgIpc) is 3.22. The number of carbonyl (C=O) groups excluding carboxylic acids is 2. The molecule has 0 spiro atoms. The van der Waals surface area contributed by atoms with Crippen LogP contribution in [0.5, 0.6) is 0 Å². The zero-order chi connectivity index (χ0) is 27.8. The van der Waals surface area contributed by atoms with Crippen molar-refractivity contribution in [3.63, 3.8) is 0 Å². The van der Waals surface area contributed by atoms with Crippen molar-refractivity contribution in [2.45, 2.75) is 67.5 Å². The number of aromatic nitrogens is 2. The normalized spacial score (nSPS) is 12.5. The summed E-state index contributed by atoms with van der Waals surface area (Å²) in [6.07, 6.45) is -4.63. The van der Waals surface area contributed by atoms with Gasteiger partial charge in [-0.2, -0.15) is 13.2 Å². The third-order valence-electron chi connectivity index (χ3n) is 6.61. The number of aryl methyl sites for hydroxylation is 5. The third kappa shape index (κ3) is 5.60. The van der Waals surface area contributed by atoms with Crippen molar-refractivity contribution in [1.82, 2.24) is 9.97 Å². The molecule has 0 fully saturated rings. The fourth-order valence-electron chi connectivity index (χ4n) is 5.24. The number of carbonyl (C=O) groups is 2. The molecule has 6 nitrogen and oxygen atoms in total. The van der Waals surface area contributed by atoms with Crippen LogP contribution >= 0.6 is 0 Å². The molecule has 200 valence electrons. The van der Waals surface area contributed by atoms with E-state index in [1.54, 1.807) is 27.7 Å². The molecule has 0 amide bonds. The minimum absolute atomic E-state index is 0.0678. The Balaban J connectivity index is 2.27. The zero-order valence-electron chi connectivity index (χ0n) is 22.4. The quantitative estimate of drug-likeness (QED) is 0.346. The first-order valence-corrected chi connectivity index (χ1v) is 12.0. The van der Waals surface area contributed by atoms with Gasteiger partial charge in [-0.15, -0.1) is 0 Å². The monoisotopic (exact) mass is 518 g/mol. The van der Waals surface area contributed by atoms with Crippen molar-refractivity contribution >= 4 is 11.9 Å². The van der Waals surface area contributed by atoms with Gasteiger partial charge in [-0.05, 0) is 83.2 Å². The number of rotatable bonds is 7. The number of nitrogens with one attached hydrogen (secondary N) is 2. The van der Waals surface area contributed by atoms with E-state index in [1.807, 2.05) is 27.7 Å². The fraction of sp³-hybridized carbons (Fsp3) is 0.429. The van der Waals surface area contributed by atoms with Gasteiger partial charge in [0.05, 0.1) is 23.7 Å². The molecule has 2 aromatic heterocycles. The molecule has 37 heavy (non-hydrogen) atoms. The predicted octanol–water partition coefficient (Wildman–Crippen LogP) is 6.58. The summed E-state index contributed by atoms with van der Waals surface area (Å²) >= 11 is 0. The maximum atomic E-state index is 12.7. The third-order valence-corrected chi connectivity index (χ3v) is 6.61. The van der Waals surface area contributed by atoms with E-state index in [0.29, 0.717) is 33.8 Å².